The molecule has 0 unspecified atom stereocenters. The first-order valence-corrected chi connectivity index (χ1v) is 7.90. The van der Waals surface area contributed by atoms with E-state index in [1.165, 1.54) is 0 Å². The first kappa shape index (κ1) is 16.3. The van der Waals surface area contributed by atoms with Gasteiger partial charge in [-0.25, -0.2) is 0 Å². The zero-order valence-electron chi connectivity index (χ0n) is 12.8. The van der Waals surface area contributed by atoms with Crippen LogP contribution >= 0.6 is 11.6 Å². The topological polar surface area (TPSA) is 44.4 Å². The Balaban J connectivity index is 1.81. The van der Waals surface area contributed by atoms with Crippen molar-refractivity contribution in [1.82, 2.24) is 10.2 Å². The molecule has 116 valence electrons. The number of halogens is 1. The predicted molar refractivity (Wildman–Crippen MR) is 87.9 cm³/mol. The summed E-state index contributed by atoms with van der Waals surface area (Å²) in [6.45, 7) is 5.43. The van der Waals surface area contributed by atoms with Crippen LogP contribution in [-0.4, -0.2) is 44.0 Å². The number of amides is 1. The van der Waals surface area contributed by atoms with Crippen molar-refractivity contribution < 1.29 is 4.79 Å². The SMILES string of the molecule is CNCC1CCN(CC(=O)Nc2cccc(Cl)c2C)CC1. The number of carbonyl (C=O) groups excluding carboxylic acids is 1. The van der Waals surface area contributed by atoms with Crippen molar-refractivity contribution >= 4 is 23.2 Å². The average molecular weight is 310 g/mol. The van der Waals surface area contributed by atoms with Gasteiger partial charge in [-0.15, -0.1) is 0 Å². The summed E-state index contributed by atoms with van der Waals surface area (Å²) in [5.41, 5.74) is 1.72. The molecule has 0 atom stereocenters. The molecule has 0 aromatic heterocycles. The highest BCUT2D eigenvalue weighted by Crippen LogP contribution is 2.23. The molecular formula is C16H24ClN3O. The molecule has 1 saturated heterocycles. The first-order chi connectivity index (χ1) is 10.1. The van der Waals surface area contributed by atoms with Gasteiger partial charge in [0.25, 0.3) is 0 Å². The minimum atomic E-state index is 0.0347. The number of benzene rings is 1. The fourth-order valence-electron chi connectivity index (χ4n) is 2.77. The zero-order chi connectivity index (χ0) is 15.2. The van der Waals surface area contributed by atoms with Crippen molar-refractivity contribution in [2.75, 3.05) is 38.5 Å². The van der Waals surface area contributed by atoms with Crippen LogP contribution in [0.1, 0.15) is 18.4 Å². The van der Waals surface area contributed by atoms with Gasteiger partial charge in [0.1, 0.15) is 0 Å². The van der Waals surface area contributed by atoms with Crippen molar-refractivity contribution in [2.45, 2.75) is 19.8 Å². The number of nitrogens with zero attached hydrogens (tertiary/aromatic N) is 1. The minimum absolute atomic E-state index is 0.0347. The van der Waals surface area contributed by atoms with Crippen LogP contribution in [0.4, 0.5) is 5.69 Å². The fourth-order valence-corrected chi connectivity index (χ4v) is 2.95. The highest BCUT2D eigenvalue weighted by Gasteiger charge is 2.20. The molecule has 0 aliphatic carbocycles. The molecule has 1 fully saturated rings. The maximum atomic E-state index is 12.1. The second-order valence-corrected chi connectivity index (χ2v) is 6.14. The van der Waals surface area contributed by atoms with Gasteiger partial charge in [0.05, 0.1) is 6.54 Å². The lowest BCUT2D eigenvalue weighted by atomic mass is 9.97. The average Bonchev–Trinajstić information content (AvgIpc) is 2.46. The molecule has 21 heavy (non-hydrogen) atoms. The van der Waals surface area contributed by atoms with Crippen LogP contribution in [0.2, 0.25) is 5.02 Å². The van der Waals surface area contributed by atoms with Crippen molar-refractivity contribution in [3.8, 4) is 0 Å². The highest BCUT2D eigenvalue weighted by atomic mass is 35.5. The summed E-state index contributed by atoms with van der Waals surface area (Å²) in [7, 11) is 1.99. The van der Waals surface area contributed by atoms with Crippen LogP contribution in [0.3, 0.4) is 0 Å². The summed E-state index contributed by atoms with van der Waals surface area (Å²) in [6.07, 6.45) is 2.31. The second kappa shape index (κ2) is 7.78. The molecule has 0 saturated carbocycles. The first-order valence-electron chi connectivity index (χ1n) is 7.52. The number of nitrogens with one attached hydrogen (secondary N) is 2. The number of hydrogen-bond donors (Lipinski definition) is 2. The Labute approximate surface area is 131 Å². The zero-order valence-corrected chi connectivity index (χ0v) is 13.5. The molecular weight excluding hydrogens is 286 g/mol. The molecule has 0 radical (unpaired) electrons. The monoisotopic (exact) mass is 309 g/mol. The van der Waals surface area contributed by atoms with Crippen molar-refractivity contribution in [3.05, 3.63) is 28.8 Å². The summed E-state index contributed by atoms with van der Waals surface area (Å²) in [5.74, 6) is 0.775. The third-order valence-electron chi connectivity index (χ3n) is 4.11. The van der Waals surface area contributed by atoms with Crippen LogP contribution in [0.25, 0.3) is 0 Å². The van der Waals surface area contributed by atoms with E-state index >= 15 is 0 Å². The lowest BCUT2D eigenvalue weighted by Crippen LogP contribution is -2.40. The van der Waals surface area contributed by atoms with Gasteiger partial charge in [0, 0.05) is 10.7 Å². The van der Waals surface area contributed by atoms with E-state index in [2.05, 4.69) is 15.5 Å². The van der Waals surface area contributed by atoms with E-state index in [4.69, 9.17) is 11.6 Å². The van der Waals surface area contributed by atoms with E-state index in [1.807, 2.05) is 32.2 Å². The van der Waals surface area contributed by atoms with E-state index in [0.717, 1.165) is 49.6 Å². The van der Waals surface area contributed by atoms with Gasteiger partial charge in [0.2, 0.25) is 5.91 Å². The molecule has 4 nitrogen and oxygen atoms in total. The largest absolute Gasteiger partial charge is 0.325 e. The summed E-state index contributed by atoms with van der Waals surface area (Å²) in [6, 6.07) is 5.57. The van der Waals surface area contributed by atoms with Crippen molar-refractivity contribution in [3.63, 3.8) is 0 Å². The number of anilines is 1. The van der Waals surface area contributed by atoms with Gasteiger partial charge in [0.15, 0.2) is 0 Å². The Morgan fingerprint density at radius 2 is 2.10 bits per heavy atom. The quantitative estimate of drug-likeness (QED) is 0.878. The van der Waals surface area contributed by atoms with E-state index in [0.29, 0.717) is 11.6 Å². The number of likely N-dealkylation sites (tertiary alicyclic amines) is 1. The molecule has 1 aliphatic heterocycles. The summed E-state index contributed by atoms with van der Waals surface area (Å²) < 4.78 is 0. The summed E-state index contributed by atoms with van der Waals surface area (Å²) in [4.78, 5) is 14.4. The van der Waals surface area contributed by atoms with E-state index in [9.17, 15) is 4.79 Å². The molecule has 1 aliphatic rings. The molecule has 1 aromatic carbocycles. The van der Waals surface area contributed by atoms with E-state index in [-0.39, 0.29) is 5.91 Å². The van der Waals surface area contributed by atoms with Gasteiger partial charge in [-0.05, 0) is 70.1 Å². The maximum absolute atomic E-state index is 12.1. The van der Waals surface area contributed by atoms with E-state index in [1.54, 1.807) is 0 Å². The van der Waals surface area contributed by atoms with Crippen LogP contribution < -0.4 is 10.6 Å². The van der Waals surface area contributed by atoms with Crippen LogP contribution in [0.5, 0.6) is 0 Å². The lowest BCUT2D eigenvalue weighted by molar-refractivity contribution is -0.117. The molecule has 2 N–H and O–H groups in total. The number of hydrogen-bond acceptors (Lipinski definition) is 3. The minimum Gasteiger partial charge on any atom is -0.325 e. The smallest absolute Gasteiger partial charge is 0.238 e. The normalized spacial score (nSPS) is 16.9. The van der Waals surface area contributed by atoms with E-state index < -0.39 is 0 Å². The lowest BCUT2D eigenvalue weighted by Gasteiger charge is -2.31. The van der Waals surface area contributed by atoms with Gasteiger partial charge in [-0.1, -0.05) is 17.7 Å². The van der Waals surface area contributed by atoms with Crippen LogP contribution in [0, 0.1) is 12.8 Å². The Hall–Kier alpha value is -1.10. The van der Waals surface area contributed by atoms with Crippen molar-refractivity contribution in [1.29, 1.82) is 0 Å². The van der Waals surface area contributed by atoms with Crippen LogP contribution in [0.15, 0.2) is 18.2 Å². The standard InChI is InChI=1S/C16H24ClN3O/c1-12-14(17)4-3-5-15(12)19-16(21)11-20-8-6-13(7-9-20)10-18-2/h3-5,13,18H,6-11H2,1-2H3,(H,19,21). The molecule has 1 aromatic rings. The molecule has 0 spiro atoms. The predicted octanol–water partition coefficient (Wildman–Crippen LogP) is 2.52. The second-order valence-electron chi connectivity index (χ2n) is 5.74. The number of piperidine rings is 1. The Bertz CT molecular complexity index is 484. The molecule has 1 amide bonds. The van der Waals surface area contributed by atoms with Gasteiger partial charge < -0.3 is 10.6 Å². The highest BCUT2D eigenvalue weighted by molar-refractivity contribution is 6.31. The molecule has 2 rings (SSSR count). The number of rotatable bonds is 5. The third kappa shape index (κ3) is 4.70. The Kier molecular flexibility index (Phi) is 6.03. The number of carbonyl (C=O) groups is 1. The van der Waals surface area contributed by atoms with Gasteiger partial charge in [-0.3, -0.25) is 9.69 Å². The summed E-state index contributed by atoms with van der Waals surface area (Å²) in [5, 5.41) is 6.87. The molecule has 1 heterocycles. The molecule has 0 bridgehead atoms. The Morgan fingerprint density at radius 1 is 1.38 bits per heavy atom. The maximum Gasteiger partial charge on any atom is 0.238 e. The molecule has 5 heteroatoms. The van der Waals surface area contributed by atoms with Gasteiger partial charge in [-0.2, -0.15) is 0 Å². The van der Waals surface area contributed by atoms with Gasteiger partial charge >= 0.3 is 0 Å². The Morgan fingerprint density at radius 3 is 2.76 bits per heavy atom. The van der Waals surface area contributed by atoms with Crippen LogP contribution in [-0.2, 0) is 4.79 Å². The fraction of sp³-hybridized carbons (Fsp3) is 0.562. The third-order valence-corrected chi connectivity index (χ3v) is 4.52. The van der Waals surface area contributed by atoms with Crippen molar-refractivity contribution in [2.24, 2.45) is 5.92 Å². The summed E-state index contributed by atoms with van der Waals surface area (Å²) >= 11 is 6.07.